The van der Waals surface area contributed by atoms with Gasteiger partial charge in [-0.2, -0.15) is 0 Å². The summed E-state index contributed by atoms with van der Waals surface area (Å²) in [7, 11) is -2.00. The summed E-state index contributed by atoms with van der Waals surface area (Å²) in [6, 6.07) is 0. The van der Waals surface area contributed by atoms with Crippen molar-refractivity contribution < 1.29 is 0 Å². The summed E-state index contributed by atoms with van der Waals surface area (Å²) in [5.41, 5.74) is 5.44. The molecular weight excluding hydrogens is 140 g/mol. The van der Waals surface area contributed by atoms with E-state index in [2.05, 4.69) is 30.7 Å². The van der Waals surface area contributed by atoms with Crippen LogP contribution in [0, 0.1) is 23.9 Å². The molecule has 0 saturated heterocycles. The van der Waals surface area contributed by atoms with E-state index >= 15 is 0 Å². The SMILES string of the molecule is C#C[Si](C#C)[Si](C)(C)C. The van der Waals surface area contributed by atoms with Gasteiger partial charge in [0.25, 0.3) is 0 Å². The van der Waals surface area contributed by atoms with Crippen molar-refractivity contribution in [3.8, 4) is 23.9 Å². The van der Waals surface area contributed by atoms with Gasteiger partial charge in [0.1, 0.15) is 0 Å². The van der Waals surface area contributed by atoms with Gasteiger partial charge in [-0.3, -0.25) is 0 Å². The van der Waals surface area contributed by atoms with E-state index in [0.717, 1.165) is 0 Å². The molecule has 0 aromatic rings. The van der Waals surface area contributed by atoms with Crippen molar-refractivity contribution in [2.75, 3.05) is 0 Å². The highest BCUT2D eigenvalue weighted by molar-refractivity contribution is 7.37. The van der Waals surface area contributed by atoms with Crippen molar-refractivity contribution in [1.82, 2.24) is 0 Å². The highest BCUT2D eigenvalue weighted by Crippen LogP contribution is 2.03. The van der Waals surface area contributed by atoms with Gasteiger partial charge in [0.15, 0.2) is 0 Å². The average molecular weight is 151 g/mol. The number of rotatable bonds is 1. The molecule has 2 heteroatoms. The molecule has 0 unspecified atom stereocenters. The Morgan fingerprint density at radius 3 is 1.44 bits per heavy atom. The van der Waals surface area contributed by atoms with Gasteiger partial charge in [-0.15, -0.1) is 23.9 Å². The maximum absolute atomic E-state index is 5.26. The molecule has 0 rings (SSSR count). The van der Waals surface area contributed by atoms with E-state index in [1.54, 1.807) is 0 Å². The Morgan fingerprint density at radius 1 is 1.11 bits per heavy atom. The Kier molecular flexibility index (Phi) is 2.77. The van der Waals surface area contributed by atoms with Crippen LogP contribution in [-0.4, -0.2) is 15.9 Å². The van der Waals surface area contributed by atoms with Gasteiger partial charge >= 0.3 is 0 Å². The van der Waals surface area contributed by atoms with E-state index in [-0.39, 0.29) is 0 Å². The summed E-state index contributed by atoms with van der Waals surface area (Å²) in [6.45, 7) is 6.67. The van der Waals surface area contributed by atoms with Crippen LogP contribution in [0.4, 0.5) is 0 Å². The van der Waals surface area contributed by atoms with Gasteiger partial charge in [0.2, 0.25) is 8.31 Å². The molecule has 0 atom stereocenters. The first-order valence-electron chi connectivity index (χ1n) is 2.83. The molecule has 0 spiro atoms. The second kappa shape index (κ2) is 2.91. The second-order valence-electron chi connectivity index (χ2n) is 2.91. The van der Waals surface area contributed by atoms with Crippen molar-refractivity contribution >= 4 is 15.9 Å². The fourth-order valence-corrected chi connectivity index (χ4v) is 4.02. The van der Waals surface area contributed by atoms with E-state index in [4.69, 9.17) is 12.8 Å². The van der Waals surface area contributed by atoms with E-state index in [0.29, 0.717) is 0 Å². The zero-order valence-electron chi connectivity index (χ0n) is 6.15. The summed E-state index contributed by atoms with van der Waals surface area (Å²) in [6.07, 6.45) is 10.5. The molecule has 0 aliphatic heterocycles. The molecule has 0 aromatic carbocycles. The third-order valence-electron chi connectivity index (χ3n) is 1.04. The second-order valence-corrected chi connectivity index (χ2v) is 14.7. The minimum absolute atomic E-state index is 0.844. The fraction of sp³-hybridized carbons (Fsp3) is 0.429. The monoisotopic (exact) mass is 151 g/mol. The van der Waals surface area contributed by atoms with Gasteiger partial charge in [0, 0.05) is 0 Å². The van der Waals surface area contributed by atoms with Gasteiger partial charge in [0.05, 0.1) is 7.59 Å². The van der Waals surface area contributed by atoms with Crippen molar-refractivity contribution in [1.29, 1.82) is 0 Å². The average Bonchev–Trinajstić information content (AvgIpc) is 1.65. The normalized spacial score (nSPS) is 10.4. The highest BCUT2D eigenvalue weighted by atomic mass is 29.2. The summed E-state index contributed by atoms with van der Waals surface area (Å²) in [5, 5.41) is 0. The molecule has 0 nitrogen and oxygen atoms in total. The lowest BCUT2D eigenvalue weighted by Gasteiger charge is -2.15. The van der Waals surface area contributed by atoms with E-state index in [1.165, 1.54) is 0 Å². The molecule has 0 aromatic heterocycles. The molecule has 0 amide bonds. The number of hydrogen-bond donors (Lipinski definition) is 0. The third-order valence-corrected chi connectivity index (χ3v) is 8.48. The predicted octanol–water partition coefficient (Wildman–Crippen LogP) is 1.24. The minimum atomic E-state index is -1.16. The topological polar surface area (TPSA) is 0 Å². The lowest BCUT2D eigenvalue weighted by atomic mass is 11.4. The lowest BCUT2D eigenvalue weighted by Crippen LogP contribution is -2.40. The van der Waals surface area contributed by atoms with Crippen molar-refractivity contribution in [2.45, 2.75) is 19.6 Å². The Bertz CT molecular complexity index is 149. The summed E-state index contributed by atoms with van der Waals surface area (Å²) in [5.74, 6) is 0. The standard InChI is InChI=1S/C7H11Si2/c1-6-8(7-2)9(3,4)5/h1-2H,3-5H3. The molecule has 0 aliphatic rings. The van der Waals surface area contributed by atoms with Gasteiger partial charge in [-0.1, -0.05) is 19.6 Å². The molecule has 47 valence electrons. The first-order valence-corrected chi connectivity index (χ1v) is 8.83. The van der Waals surface area contributed by atoms with Crippen LogP contribution in [0.3, 0.4) is 0 Å². The van der Waals surface area contributed by atoms with E-state index in [9.17, 15) is 0 Å². The maximum atomic E-state index is 5.26. The molecule has 0 aliphatic carbocycles. The van der Waals surface area contributed by atoms with Gasteiger partial charge in [-0.05, 0) is 0 Å². The van der Waals surface area contributed by atoms with Crippen molar-refractivity contribution in [2.24, 2.45) is 0 Å². The summed E-state index contributed by atoms with van der Waals surface area (Å²) < 4.78 is 0. The predicted molar refractivity (Wildman–Crippen MR) is 46.8 cm³/mol. The quantitative estimate of drug-likeness (QED) is 0.391. The van der Waals surface area contributed by atoms with Crippen LogP contribution in [0.2, 0.25) is 19.6 Å². The van der Waals surface area contributed by atoms with Crippen LogP contribution < -0.4 is 0 Å². The Hall–Kier alpha value is -0.446. The molecule has 9 heavy (non-hydrogen) atoms. The van der Waals surface area contributed by atoms with Crippen LogP contribution in [0.25, 0.3) is 0 Å². The Balaban J connectivity index is 4.23. The number of hydrogen-bond acceptors (Lipinski definition) is 0. The molecule has 0 saturated carbocycles. The molecule has 0 bridgehead atoms. The van der Waals surface area contributed by atoms with E-state index in [1.807, 2.05) is 0 Å². The van der Waals surface area contributed by atoms with Crippen LogP contribution in [0.1, 0.15) is 0 Å². The van der Waals surface area contributed by atoms with Gasteiger partial charge < -0.3 is 0 Å². The first kappa shape index (κ1) is 8.55. The van der Waals surface area contributed by atoms with Crippen molar-refractivity contribution in [3.05, 3.63) is 0 Å². The van der Waals surface area contributed by atoms with Crippen LogP contribution >= 0.6 is 0 Å². The zero-order valence-corrected chi connectivity index (χ0v) is 8.15. The van der Waals surface area contributed by atoms with Crippen LogP contribution in [-0.2, 0) is 0 Å². The Labute approximate surface area is 60.1 Å². The zero-order chi connectivity index (χ0) is 7.49. The van der Waals surface area contributed by atoms with Gasteiger partial charge in [-0.25, -0.2) is 0 Å². The summed E-state index contributed by atoms with van der Waals surface area (Å²) in [4.78, 5) is 0. The molecule has 1 radical (unpaired) electrons. The molecule has 0 fully saturated rings. The Morgan fingerprint density at radius 2 is 1.44 bits per heavy atom. The van der Waals surface area contributed by atoms with Crippen LogP contribution in [0.15, 0.2) is 0 Å². The highest BCUT2D eigenvalue weighted by Gasteiger charge is 2.25. The van der Waals surface area contributed by atoms with Crippen molar-refractivity contribution in [3.63, 3.8) is 0 Å². The largest absolute Gasteiger partial charge is 0.219 e. The fourth-order valence-electron chi connectivity index (χ4n) is 0.475. The molecule has 0 N–H and O–H groups in total. The van der Waals surface area contributed by atoms with E-state index < -0.39 is 15.9 Å². The lowest BCUT2D eigenvalue weighted by molar-refractivity contribution is 1.85. The smallest absolute Gasteiger partial charge is 0.127 e. The molecule has 0 heterocycles. The van der Waals surface area contributed by atoms with Crippen LogP contribution in [0.5, 0.6) is 0 Å². The first-order chi connectivity index (χ1) is 4.02. The minimum Gasteiger partial charge on any atom is -0.127 e. The third kappa shape index (κ3) is 2.55. The number of terminal acetylenes is 2. The molecular formula is C7H11Si2. The summed E-state index contributed by atoms with van der Waals surface area (Å²) >= 11 is 0. The maximum Gasteiger partial charge on any atom is 0.219 e.